The highest BCUT2D eigenvalue weighted by Gasteiger charge is 2.33. The zero-order valence-corrected chi connectivity index (χ0v) is 14.9. The van der Waals surface area contributed by atoms with Gasteiger partial charge in [-0.05, 0) is 49.4 Å². The van der Waals surface area contributed by atoms with E-state index in [2.05, 4.69) is 15.3 Å². The highest BCUT2D eigenvalue weighted by molar-refractivity contribution is 7.17. The fraction of sp³-hybridized carbons (Fsp3) is 0.278. The lowest BCUT2D eigenvalue weighted by Gasteiger charge is -2.09. The summed E-state index contributed by atoms with van der Waals surface area (Å²) in [7, 11) is 0. The number of aliphatic hydroxyl groups is 1. The summed E-state index contributed by atoms with van der Waals surface area (Å²) in [6, 6.07) is 5.22. The summed E-state index contributed by atoms with van der Waals surface area (Å²) in [5, 5.41) is 29.0. The summed E-state index contributed by atoms with van der Waals surface area (Å²) in [6.45, 7) is 1.83. The van der Waals surface area contributed by atoms with Gasteiger partial charge in [0.15, 0.2) is 0 Å². The number of hydrogen-bond donors (Lipinski definition) is 2. The van der Waals surface area contributed by atoms with Crippen molar-refractivity contribution in [3.8, 4) is 11.4 Å². The van der Waals surface area contributed by atoms with Gasteiger partial charge in [0, 0.05) is 4.88 Å². The Balaban J connectivity index is 1.55. The van der Waals surface area contributed by atoms with E-state index in [1.165, 1.54) is 4.88 Å². The molecule has 1 atom stereocenters. The Morgan fingerprint density at radius 2 is 2.15 bits per heavy atom. The molecule has 0 bridgehead atoms. The summed E-state index contributed by atoms with van der Waals surface area (Å²) in [6.07, 6.45) is 6.76. The monoisotopic (exact) mass is 367 g/mol. The SMILES string of the molecule is Cc1cc(-n2cc(C(O)c3c(C4CC4)sc4cncn34)nn2)ccc1O. The number of phenols is 1. The molecule has 0 aliphatic heterocycles. The van der Waals surface area contributed by atoms with Crippen LogP contribution in [0.15, 0.2) is 36.9 Å². The van der Waals surface area contributed by atoms with Crippen LogP contribution in [-0.4, -0.2) is 34.6 Å². The zero-order chi connectivity index (χ0) is 17.8. The molecule has 1 aromatic carbocycles. The lowest BCUT2D eigenvalue weighted by molar-refractivity contribution is 0.208. The predicted molar refractivity (Wildman–Crippen MR) is 96.9 cm³/mol. The van der Waals surface area contributed by atoms with Crippen LogP contribution in [0, 0.1) is 6.92 Å². The molecule has 1 fully saturated rings. The summed E-state index contributed by atoms with van der Waals surface area (Å²) < 4.78 is 3.56. The van der Waals surface area contributed by atoms with Crippen molar-refractivity contribution in [3.63, 3.8) is 0 Å². The Morgan fingerprint density at radius 1 is 1.31 bits per heavy atom. The average molecular weight is 367 g/mol. The standard InChI is InChI=1S/C18H17N5O2S/c1-10-6-12(4-5-14(10)24)23-8-13(20-21-23)17(25)16-18(11-2-3-11)26-15-7-19-9-22(15)16/h4-9,11,17,24-25H,2-3H2,1H3. The third-order valence-corrected chi connectivity index (χ3v) is 6.05. The number of fused-ring (bicyclic) bond motifs is 1. The fourth-order valence-corrected chi connectivity index (χ4v) is 4.48. The van der Waals surface area contributed by atoms with Crippen molar-refractivity contribution in [2.45, 2.75) is 31.8 Å². The van der Waals surface area contributed by atoms with Gasteiger partial charge in [-0.25, -0.2) is 9.67 Å². The minimum absolute atomic E-state index is 0.240. The topological polar surface area (TPSA) is 88.5 Å². The molecule has 1 aliphatic carbocycles. The third kappa shape index (κ3) is 2.41. The first kappa shape index (κ1) is 15.5. The second-order valence-electron chi connectivity index (χ2n) is 6.69. The molecule has 7 nitrogen and oxygen atoms in total. The van der Waals surface area contributed by atoms with Crippen LogP contribution in [0.2, 0.25) is 0 Å². The van der Waals surface area contributed by atoms with E-state index in [1.54, 1.807) is 40.7 Å². The molecule has 1 saturated carbocycles. The zero-order valence-electron chi connectivity index (χ0n) is 14.1. The average Bonchev–Trinajstić information content (AvgIpc) is 3.06. The van der Waals surface area contributed by atoms with Gasteiger partial charge in [-0.15, -0.1) is 16.4 Å². The smallest absolute Gasteiger partial charge is 0.141 e. The quantitative estimate of drug-likeness (QED) is 0.579. The molecule has 0 saturated heterocycles. The van der Waals surface area contributed by atoms with Crippen molar-refractivity contribution in [1.29, 1.82) is 0 Å². The van der Waals surface area contributed by atoms with E-state index < -0.39 is 6.10 Å². The Kier molecular flexibility index (Phi) is 3.38. The molecule has 3 aromatic heterocycles. The number of nitrogens with zero attached hydrogens (tertiary/aromatic N) is 5. The van der Waals surface area contributed by atoms with Gasteiger partial charge in [-0.3, -0.25) is 4.40 Å². The van der Waals surface area contributed by atoms with Gasteiger partial charge in [0.1, 0.15) is 28.7 Å². The largest absolute Gasteiger partial charge is 0.508 e. The van der Waals surface area contributed by atoms with E-state index in [1.807, 2.05) is 23.6 Å². The minimum Gasteiger partial charge on any atom is -0.508 e. The molecule has 0 radical (unpaired) electrons. The fourth-order valence-electron chi connectivity index (χ4n) is 3.18. The maximum absolute atomic E-state index is 11.0. The number of aromatic nitrogens is 5. The van der Waals surface area contributed by atoms with Crippen LogP contribution < -0.4 is 0 Å². The Hall–Kier alpha value is -2.71. The van der Waals surface area contributed by atoms with Crippen LogP contribution in [0.4, 0.5) is 0 Å². The number of benzene rings is 1. The normalized spacial score (nSPS) is 15.6. The molecule has 0 spiro atoms. The molecule has 1 unspecified atom stereocenters. The molecular weight excluding hydrogens is 350 g/mol. The van der Waals surface area contributed by atoms with Crippen molar-refractivity contribution < 1.29 is 10.2 Å². The Bertz CT molecular complexity index is 1110. The first-order valence-electron chi connectivity index (χ1n) is 8.47. The van der Waals surface area contributed by atoms with Gasteiger partial charge >= 0.3 is 0 Å². The number of thiazole rings is 1. The lowest BCUT2D eigenvalue weighted by Crippen LogP contribution is -2.06. The molecule has 8 heteroatoms. The van der Waals surface area contributed by atoms with Gasteiger partial charge in [0.05, 0.1) is 23.8 Å². The summed E-state index contributed by atoms with van der Waals surface area (Å²) in [4.78, 5) is 6.43. The van der Waals surface area contributed by atoms with Crippen LogP contribution in [0.3, 0.4) is 0 Å². The third-order valence-electron chi connectivity index (χ3n) is 4.77. The van der Waals surface area contributed by atoms with Gasteiger partial charge in [0.2, 0.25) is 0 Å². The minimum atomic E-state index is -0.861. The van der Waals surface area contributed by atoms with Gasteiger partial charge < -0.3 is 10.2 Å². The first-order chi connectivity index (χ1) is 12.6. The van der Waals surface area contributed by atoms with E-state index in [0.717, 1.165) is 34.6 Å². The summed E-state index contributed by atoms with van der Waals surface area (Å²) >= 11 is 1.69. The molecule has 26 heavy (non-hydrogen) atoms. The van der Waals surface area contributed by atoms with E-state index in [0.29, 0.717) is 11.6 Å². The van der Waals surface area contributed by atoms with Crippen molar-refractivity contribution >= 4 is 16.2 Å². The molecule has 5 rings (SSSR count). The molecular formula is C18H17N5O2S. The summed E-state index contributed by atoms with van der Waals surface area (Å²) in [5.41, 5.74) is 2.88. The van der Waals surface area contributed by atoms with E-state index in [4.69, 9.17) is 0 Å². The Labute approximate surface area is 153 Å². The molecule has 0 amide bonds. The first-order valence-corrected chi connectivity index (χ1v) is 9.28. The second-order valence-corrected chi connectivity index (χ2v) is 7.75. The Morgan fingerprint density at radius 3 is 2.92 bits per heavy atom. The highest BCUT2D eigenvalue weighted by atomic mass is 32.1. The number of hydrogen-bond acceptors (Lipinski definition) is 6. The van der Waals surface area contributed by atoms with Crippen LogP contribution in [0.25, 0.3) is 10.5 Å². The number of imidazole rings is 1. The van der Waals surface area contributed by atoms with E-state index in [-0.39, 0.29) is 5.75 Å². The van der Waals surface area contributed by atoms with E-state index in [9.17, 15) is 10.2 Å². The predicted octanol–water partition coefficient (Wildman–Crippen LogP) is 2.95. The second kappa shape index (κ2) is 5.65. The summed E-state index contributed by atoms with van der Waals surface area (Å²) in [5.74, 6) is 0.767. The number of aryl methyl sites for hydroxylation is 1. The van der Waals surface area contributed by atoms with Crippen LogP contribution in [0.5, 0.6) is 5.75 Å². The maximum Gasteiger partial charge on any atom is 0.141 e. The van der Waals surface area contributed by atoms with Crippen LogP contribution >= 0.6 is 11.3 Å². The molecule has 4 aromatic rings. The van der Waals surface area contributed by atoms with Crippen molar-refractivity contribution in [3.05, 3.63) is 58.7 Å². The molecule has 3 heterocycles. The maximum atomic E-state index is 11.0. The van der Waals surface area contributed by atoms with Gasteiger partial charge in [-0.1, -0.05) is 5.21 Å². The van der Waals surface area contributed by atoms with E-state index >= 15 is 0 Å². The van der Waals surface area contributed by atoms with Crippen LogP contribution in [-0.2, 0) is 0 Å². The lowest BCUT2D eigenvalue weighted by atomic mass is 10.1. The van der Waals surface area contributed by atoms with Crippen molar-refractivity contribution in [2.24, 2.45) is 0 Å². The molecule has 132 valence electrons. The van der Waals surface area contributed by atoms with Gasteiger partial charge in [0.25, 0.3) is 0 Å². The number of aliphatic hydroxyl groups excluding tert-OH is 1. The number of aromatic hydroxyl groups is 1. The van der Waals surface area contributed by atoms with Crippen molar-refractivity contribution in [1.82, 2.24) is 24.4 Å². The molecule has 2 N–H and O–H groups in total. The van der Waals surface area contributed by atoms with Crippen LogP contribution in [0.1, 0.15) is 46.7 Å². The molecule has 1 aliphatic rings. The number of phenolic OH excluding ortho intramolecular Hbond substituents is 1. The number of rotatable bonds is 4. The van der Waals surface area contributed by atoms with Gasteiger partial charge in [-0.2, -0.15) is 0 Å². The van der Waals surface area contributed by atoms with Crippen molar-refractivity contribution in [2.75, 3.05) is 0 Å². The highest BCUT2D eigenvalue weighted by Crippen LogP contribution is 2.47.